The maximum Gasteiger partial charge on any atom is 0.0671 e. The van der Waals surface area contributed by atoms with Gasteiger partial charge < -0.3 is 5.32 Å². The summed E-state index contributed by atoms with van der Waals surface area (Å²) >= 11 is 0. The first-order valence-electron chi connectivity index (χ1n) is 6.51. The smallest absolute Gasteiger partial charge is 0.0671 e. The zero-order valence-corrected chi connectivity index (χ0v) is 11.4. The van der Waals surface area contributed by atoms with Gasteiger partial charge >= 0.3 is 0 Å². The van der Waals surface area contributed by atoms with Crippen molar-refractivity contribution >= 4 is 0 Å². The summed E-state index contributed by atoms with van der Waals surface area (Å²) in [7, 11) is 1.96. The predicted octanol–water partition coefficient (Wildman–Crippen LogP) is 2.90. The second kappa shape index (κ2) is 5.83. The highest BCUT2D eigenvalue weighted by atomic mass is 15.2. The molecule has 1 N–H and O–H groups in total. The van der Waals surface area contributed by atoms with Gasteiger partial charge in [0.25, 0.3) is 0 Å². The number of hydrogen-bond donors (Lipinski definition) is 1. The number of nitrogens with zero attached hydrogens (tertiary/aromatic N) is 2. The number of nitrogens with one attached hydrogen (secondary N) is 1. The standard InChI is InChI=1S/C15H21N3/c1-4-8-16-10-13-6-5-7-14(9-13)15-11-18(3)17-12(15)2/h5-7,9,11,16H,4,8,10H2,1-3H3. The number of aromatic nitrogens is 2. The zero-order chi connectivity index (χ0) is 13.0. The van der Waals surface area contributed by atoms with Crippen molar-refractivity contribution < 1.29 is 0 Å². The molecule has 2 aromatic rings. The molecule has 1 aromatic carbocycles. The molecule has 0 aliphatic heterocycles. The summed E-state index contributed by atoms with van der Waals surface area (Å²) in [6.07, 6.45) is 3.25. The van der Waals surface area contributed by atoms with Crippen LogP contribution in [0.2, 0.25) is 0 Å². The molecule has 1 heterocycles. The monoisotopic (exact) mass is 243 g/mol. The molecule has 0 unspecified atom stereocenters. The number of rotatable bonds is 5. The predicted molar refractivity (Wildman–Crippen MR) is 75.4 cm³/mol. The molecular formula is C15H21N3. The topological polar surface area (TPSA) is 29.9 Å². The Balaban J connectivity index is 2.19. The molecule has 0 radical (unpaired) electrons. The van der Waals surface area contributed by atoms with Crippen LogP contribution in [0.1, 0.15) is 24.6 Å². The maximum atomic E-state index is 4.39. The van der Waals surface area contributed by atoms with Crippen LogP contribution in [0.4, 0.5) is 0 Å². The van der Waals surface area contributed by atoms with E-state index < -0.39 is 0 Å². The summed E-state index contributed by atoms with van der Waals surface area (Å²) in [5.41, 5.74) is 4.87. The van der Waals surface area contributed by atoms with Gasteiger partial charge in [0.05, 0.1) is 5.69 Å². The van der Waals surface area contributed by atoms with Gasteiger partial charge in [0, 0.05) is 25.4 Å². The van der Waals surface area contributed by atoms with Crippen LogP contribution in [0, 0.1) is 6.92 Å². The van der Waals surface area contributed by atoms with Crippen molar-refractivity contribution in [2.45, 2.75) is 26.8 Å². The molecule has 0 bridgehead atoms. The zero-order valence-electron chi connectivity index (χ0n) is 11.4. The van der Waals surface area contributed by atoms with Gasteiger partial charge in [-0.15, -0.1) is 0 Å². The summed E-state index contributed by atoms with van der Waals surface area (Å²) in [4.78, 5) is 0. The second-order valence-electron chi connectivity index (χ2n) is 4.68. The Bertz CT molecular complexity index is 514. The van der Waals surface area contributed by atoms with Gasteiger partial charge in [-0.05, 0) is 37.1 Å². The molecule has 0 saturated heterocycles. The van der Waals surface area contributed by atoms with Crippen LogP contribution in [-0.2, 0) is 13.6 Å². The van der Waals surface area contributed by atoms with Crippen LogP contribution in [0.3, 0.4) is 0 Å². The molecule has 0 amide bonds. The number of hydrogen-bond acceptors (Lipinski definition) is 2. The largest absolute Gasteiger partial charge is 0.313 e. The summed E-state index contributed by atoms with van der Waals surface area (Å²) in [6.45, 7) is 6.23. The first-order valence-corrected chi connectivity index (χ1v) is 6.51. The Hall–Kier alpha value is -1.61. The maximum absolute atomic E-state index is 4.39. The molecule has 96 valence electrons. The fourth-order valence-corrected chi connectivity index (χ4v) is 2.14. The van der Waals surface area contributed by atoms with Crippen molar-refractivity contribution in [2.75, 3.05) is 6.54 Å². The quantitative estimate of drug-likeness (QED) is 0.818. The van der Waals surface area contributed by atoms with E-state index in [0.717, 1.165) is 18.8 Å². The van der Waals surface area contributed by atoms with E-state index in [2.05, 4.69) is 54.7 Å². The van der Waals surface area contributed by atoms with Gasteiger partial charge in [0.15, 0.2) is 0 Å². The lowest BCUT2D eigenvalue weighted by molar-refractivity contribution is 0.675. The lowest BCUT2D eigenvalue weighted by Crippen LogP contribution is -2.13. The summed E-state index contributed by atoms with van der Waals surface area (Å²) < 4.78 is 1.87. The third kappa shape index (κ3) is 2.99. The minimum Gasteiger partial charge on any atom is -0.313 e. The van der Waals surface area contributed by atoms with E-state index in [1.165, 1.54) is 23.1 Å². The van der Waals surface area contributed by atoms with Crippen LogP contribution in [0.5, 0.6) is 0 Å². The molecule has 0 fully saturated rings. The van der Waals surface area contributed by atoms with Crippen molar-refractivity contribution in [3.8, 4) is 11.1 Å². The highest BCUT2D eigenvalue weighted by molar-refractivity contribution is 5.65. The Labute approximate surface area is 109 Å². The van der Waals surface area contributed by atoms with E-state index >= 15 is 0 Å². The highest BCUT2D eigenvalue weighted by Crippen LogP contribution is 2.23. The third-order valence-electron chi connectivity index (χ3n) is 3.01. The van der Waals surface area contributed by atoms with Crippen molar-refractivity contribution in [1.29, 1.82) is 0 Å². The van der Waals surface area contributed by atoms with Gasteiger partial charge in [-0.1, -0.05) is 25.1 Å². The molecule has 2 rings (SSSR count). The molecular weight excluding hydrogens is 222 g/mol. The second-order valence-corrected chi connectivity index (χ2v) is 4.68. The van der Waals surface area contributed by atoms with Crippen LogP contribution in [0.15, 0.2) is 30.5 Å². The van der Waals surface area contributed by atoms with E-state index in [9.17, 15) is 0 Å². The van der Waals surface area contributed by atoms with Gasteiger partial charge in [-0.25, -0.2) is 0 Å². The van der Waals surface area contributed by atoms with E-state index in [4.69, 9.17) is 0 Å². The lowest BCUT2D eigenvalue weighted by Gasteiger charge is -2.06. The Morgan fingerprint density at radius 1 is 1.33 bits per heavy atom. The summed E-state index contributed by atoms with van der Waals surface area (Å²) in [5.74, 6) is 0. The average Bonchev–Trinajstić information content (AvgIpc) is 2.69. The SMILES string of the molecule is CCCNCc1cccc(-c2cn(C)nc2C)c1. The number of aryl methyl sites for hydroxylation is 2. The van der Waals surface area contributed by atoms with Crippen molar-refractivity contribution in [2.24, 2.45) is 7.05 Å². The minimum absolute atomic E-state index is 0.932. The van der Waals surface area contributed by atoms with E-state index in [1.54, 1.807) is 0 Å². The van der Waals surface area contributed by atoms with Crippen LogP contribution in [0.25, 0.3) is 11.1 Å². The van der Waals surface area contributed by atoms with Gasteiger partial charge in [-0.3, -0.25) is 4.68 Å². The third-order valence-corrected chi connectivity index (χ3v) is 3.01. The summed E-state index contributed by atoms with van der Waals surface area (Å²) in [5, 5.41) is 7.82. The van der Waals surface area contributed by atoms with Gasteiger partial charge in [-0.2, -0.15) is 5.10 Å². The summed E-state index contributed by atoms with van der Waals surface area (Å²) in [6, 6.07) is 8.67. The Morgan fingerprint density at radius 3 is 2.83 bits per heavy atom. The molecule has 0 spiro atoms. The minimum atomic E-state index is 0.932. The Kier molecular flexibility index (Phi) is 4.15. The molecule has 18 heavy (non-hydrogen) atoms. The van der Waals surface area contributed by atoms with Crippen molar-refractivity contribution in [3.05, 3.63) is 41.7 Å². The van der Waals surface area contributed by atoms with E-state index in [-0.39, 0.29) is 0 Å². The van der Waals surface area contributed by atoms with Gasteiger partial charge in [0.1, 0.15) is 0 Å². The molecule has 3 heteroatoms. The fraction of sp³-hybridized carbons (Fsp3) is 0.400. The van der Waals surface area contributed by atoms with E-state index in [1.807, 2.05) is 11.7 Å². The van der Waals surface area contributed by atoms with Crippen LogP contribution >= 0.6 is 0 Å². The van der Waals surface area contributed by atoms with Crippen molar-refractivity contribution in [1.82, 2.24) is 15.1 Å². The van der Waals surface area contributed by atoms with Crippen LogP contribution in [-0.4, -0.2) is 16.3 Å². The first-order chi connectivity index (χ1) is 8.70. The first kappa shape index (κ1) is 12.8. The number of benzene rings is 1. The normalized spacial score (nSPS) is 10.8. The molecule has 1 aromatic heterocycles. The van der Waals surface area contributed by atoms with Crippen LogP contribution < -0.4 is 5.32 Å². The fourth-order valence-electron chi connectivity index (χ4n) is 2.14. The molecule has 3 nitrogen and oxygen atoms in total. The highest BCUT2D eigenvalue weighted by Gasteiger charge is 2.06. The van der Waals surface area contributed by atoms with Gasteiger partial charge in [0.2, 0.25) is 0 Å². The molecule has 0 aliphatic rings. The average molecular weight is 243 g/mol. The molecule has 0 aliphatic carbocycles. The lowest BCUT2D eigenvalue weighted by atomic mass is 10.0. The molecule has 0 saturated carbocycles. The van der Waals surface area contributed by atoms with Crippen molar-refractivity contribution in [3.63, 3.8) is 0 Å². The van der Waals surface area contributed by atoms with E-state index in [0.29, 0.717) is 0 Å². The Morgan fingerprint density at radius 2 is 2.17 bits per heavy atom. The molecule has 0 atom stereocenters.